The second kappa shape index (κ2) is 6.17. The first-order valence-electron chi connectivity index (χ1n) is 6.89. The van der Waals surface area contributed by atoms with Gasteiger partial charge in [0.2, 0.25) is 5.91 Å². The number of carbonyl (C=O) groups excluding carboxylic acids is 1. The first kappa shape index (κ1) is 14.0. The molecule has 104 valence electrons. The third-order valence-corrected chi connectivity index (χ3v) is 3.86. The van der Waals surface area contributed by atoms with Crippen molar-refractivity contribution in [3.05, 3.63) is 29.3 Å². The third-order valence-electron chi connectivity index (χ3n) is 3.86. The molecular weight excluding hydrogens is 238 g/mol. The van der Waals surface area contributed by atoms with Crippen LogP contribution in [0.25, 0.3) is 0 Å². The largest absolute Gasteiger partial charge is 0.325 e. The van der Waals surface area contributed by atoms with Crippen LogP contribution in [-0.4, -0.2) is 43.0 Å². The van der Waals surface area contributed by atoms with Crippen LogP contribution in [0, 0.1) is 13.8 Å². The fraction of sp³-hybridized carbons (Fsp3) is 0.533. The van der Waals surface area contributed by atoms with E-state index in [1.54, 1.807) is 0 Å². The highest BCUT2D eigenvalue weighted by molar-refractivity contribution is 5.93. The molecule has 1 saturated heterocycles. The number of piperazine rings is 1. The Morgan fingerprint density at radius 3 is 3.00 bits per heavy atom. The summed E-state index contributed by atoms with van der Waals surface area (Å²) in [6.45, 7) is 9.56. The molecule has 1 aromatic rings. The third kappa shape index (κ3) is 3.55. The first-order valence-corrected chi connectivity index (χ1v) is 6.89. The Bertz CT molecular complexity index is 459. The summed E-state index contributed by atoms with van der Waals surface area (Å²) in [5.74, 6) is 0.0717. The Balaban J connectivity index is 1.95. The highest BCUT2D eigenvalue weighted by Crippen LogP contribution is 2.18. The fourth-order valence-corrected chi connectivity index (χ4v) is 2.38. The zero-order chi connectivity index (χ0) is 13.8. The molecule has 1 aliphatic rings. The number of hydrogen-bond acceptors (Lipinski definition) is 3. The molecule has 0 aromatic heterocycles. The Labute approximate surface area is 115 Å². The normalized spacial score (nSPS) is 20.3. The van der Waals surface area contributed by atoms with Gasteiger partial charge in [-0.25, -0.2) is 0 Å². The van der Waals surface area contributed by atoms with Gasteiger partial charge in [-0.3, -0.25) is 9.69 Å². The minimum absolute atomic E-state index is 0.0717. The SMILES string of the molecule is Cc1cccc(NC(=O)CN2CCNC[C@H]2C)c1C. The molecule has 4 heteroatoms. The zero-order valence-corrected chi connectivity index (χ0v) is 12.0. The minimum Gasteiger partial charge on any atom is -0.325 e. The molecule has 0 bridgehead atoms. The van der Waals surface area contributed by atoms with Crippen molar-refractivity contribution >= 4 is 11.6 Å². The van der Waals surface area contributed by atoms with Gasteiger partial charge in [-0.05, 0) is 38.0 Å². The summed E-state index contributed by atoms with van der Waals surface area (Å²) >= 11 is 0. The Morgan fingerprint density at radius 2 is 2.26 bits per heavy atom. The Kier molecular flexibility index (Phi) is 4.56. The van der Waals surface area contributed by atoms with E-state index in [0.29, 0.717) is 12.6 Å². The summed E-state index contributed by atoms with van der Waals surface area (Å²) in [4.78, 5) is 14.3. The lowest BCUT2D eigenvalue weighted by atomic mass is 10.1. The predicted molar refractivity (Wildman–Crippen MR) is 78.5 cm³/mol. The molecule has 1 fully saturated rings. The molecule has 1 heterocycles. The van der Waals surface area contributed by atoms with Crippen molar-refractivity contribution < 1.29 is 4.79 Å². The van der Waals surface area contributed by atoms with Gasteiger partial charge in [0.25, 0.3) is 0 Å². The number of nitrogens with one attached hydrogen (secondary N) is 2. The van der Waals surface area contributed by atoms with E-state index in [4.69, 9.17) is 0 Å². The van der Waals surface area contributed by atoms with Crippen LogP contribution >= 0.6 is 0 Å². The molecule has 19 heavy (non-hydrogen) atoms. The van der Waals surface area contributed by atoms with Crippen LogP contribution in [0.15, 0.2) is 18.2 Å². The molecule has 1 aromatic carbocycles. The van der Waals surface area contributed by atoms with E-state index in [-0.39, 0.29) is 5.91 Å². The molecule has 0 spiro atoms. The van der Waals surface area contributed by atoms with Gasteiger partial charge in [0.1, 0.15) is 0 Å². The molecule has 0 saturated carbocycles. The molecule has 0 aliphatic carbocycles. The van der Waals surface area contributed by atoms with Gasteiger partial charge in [0, 0.05) is 31.4 Å². The summed E-state index contributed by atoms with van der Waals surface area (Å²) in [7, 11) is 0. The van der Waals surface area contributed by atoms with E-state index in [1.165, 1.54) is 5.56 Å². The van der Waals surface area contributed by atoms with Crippen molar-refractivity contribution in [2.45, 2.75) is 26.8 Å². The van der Waals surface area contributed by atoms with Crippen molar-refractivity contribution in [3.8, 4) is 0 Å². The van der Waals surface area contributed by atoms with Crippen molar-refractivity contribution in [2.75, 3.05) is 31.5 Å². The number of hydrogen-bond donors (Lipinski definition) is 2. The maximum Gasteiger partial charge on any atom is 0.238 e. The Morgan fingerprint density at radius 1 is 1.47 bits per heavy atom. The van der Waals surface area contributed by atoms with Crippen LogP contribution < -0.4 is 10.6 Å². The molecule has 0 radical (unpaired) electrons. The second-order valence-corrected chi connectivity index (χ2v) is 5.32. The number of carbonyl (C=O) groups is 1. The molecule has 2 rings (SSSR count). The monoisotopic (exact) mass is 261 g/mol. The summed E-state index contributed by atoms with van der Waals surface area (Å²) in [5, 5.41) is 6.35. The number of aryl methyl sites for hydroxylation is 1. The maximum atomic E-state index is 12.1. The van der Waals surface area contributed by atoms with Crippen LogP contribution in [0.5, 0.6) is 0 Å². The van der Waals surface area contributed by atoms with Crippen molar-refractivity contribution in [1.29, 1.82) is 0 Å². The van der Waals surface area contributed by atoms with Crippen molar-refractivity contribution in [1.82, 2.24) is 10.2 Å². The molecule has 1 atom stereocenters. The van der Waals surface area contributed by atoms with Gasteiger partial charge >= 0.3 is 0 Å². The van der Waals surface area contributed by atoms with Crippen LogP contribution in [0.2, 0.25) is 0 Å². The fourth-order valence-electron chi connectivity index (χ4n) is 2.38. The summed E-state index contributed by atoms with van der Waals surface area (Å²) < 4.78 is 0. The van der Waals surface area contributed by atoms with E-state index in [1.807, 2.05) is 19.1 Å². The van der Waals surface area contributed by atoms with E-state index in [2.05, 4.69) is 35.4 Å². The van der Waals surface area contributed by atoms with E-state index < -0.39 is 0 Å². The minimum atomic E-state index is 0.0717. The number of benzene rings is 1. The van der Waals surface area contributed by atoms with Gasteiger partial charge in [0.05, 0.1) is 6.54 Å². The predicted octanol–water partition coefficient (Wildman–Crippen LogP) is 1.54. The molecule has 4 nitrogen and oxygen atoms in total. The zero-order valence-electron chi connectivity index (χ0n) is 12.0. The smallest absolute Gasteiger partial charge is 0.238 e. The lowest BCUT2D eigenvalue weighted by Crippen LogP contribution is -2.52. The average molecular weight is 261 g/mol. The van der Waals surface area contributed by atoms with Gasteiger partial charge in [-0.15, -0.1) is 0 Å². The van der Waals surface area contributed by atoms with Crippen LogP contribution in [0.3, 0.4) is 0 Å². The van der Waals surface area contributed by atoms with Gasteiger partial charge in [-0.1, -0.05) is 12.1 Å². The summed E-state index contributed by atoms with van der Waals surface area (Å²) in [6.07, 6.45) is 0. The summed E-state index contributed by atoms with van der Waals surface area (Å²) in [6, 6.07) is 6.41. The number of rotatable bonds is 3. The van der Waals surface area contributed by atoms with Crippen molar-refractivity contribution in [2.24, 2.45) is 0 Å². The number of anilines is 1. The molecule has 0 unspecified atom stereocenters. The lowest BCUT2D eigenvalue weighted by molar-refractivity contribution is -0.118. The highest BCUT2D eigenvalue weighted by Gasteiger charge is 2.20. The van der Waals surface area contributed by atoms with Crippen LogP contribution in [-0.2, 0) is 4.79 Å². The second-order valence-electron chi connectivity index (χ2n) is 5.32. The van der Waals surface area contributed by atoms with E-state index >= 15 is 0 Å². The standard InChI is InChI=1S/C15H23N3O/c1-11-5-4-6-14(13(11)3)17-15(19)10-18-8-7-16-9-12(18)2/h4-6,12,16H,7-10H2,1-3H3,(H,17,19)/t12-/m1/s1. The summed E-state index contributed by atoms with van der Waals surface area (Å²) in [5.41, 5.74) is 3.27. The quantitative estimate of drug-likeness (QED) is 0.867. The van der Waals surface area contributed by atoms with Crippen molar-refractivity contribution in [3.63, 3.8) is 0 Å². The molecule has 1 amide bonds. The molecule has 2 N–H and O–H groups in total. The molecular formula is C15H23N3O. The Hall–Kier alpha value is -1.39. The van der Waals surface area contributed by atoms with Gasteiger partial charge < -0.3 is 10.6 Å². The lowest BCUT2D eigenvalue weighted by Gasteiger charge is -2.33. The average Bonchev–Trinajstić information content (AvgIpc) is 2.38. The number of nitrogens with zero attached hydrogens (tertiary/aromatic N) is 1. The number of amides is 1. The first-order chi connectivity index (χ1) is 9.08. The van der Waals surface area contributed by atoms with E-state index in [0.717, 1.165) is 30.9 Å². The maximum absolute atomic E-state index is 12.1. The van der Waals surface area contributed by atoms with Crippen LogP contribution in [0.1, 0.15) is 18.1 Å². The van der Waals surface area contributed by atoms with Gasteiger partial charge in [0.15, 0.2) is 0 Å². The highest BCUT2D eigenvalue weighted by atomic mass is 16.2. The molecule has 1 aliphatic heterocycles. The van der Waals surface area contributed by atoms with Crippen LogP contribution in [0.4, 0.5) is 5.69 Å². The van der Waals surface area contributed by atoms with E-state index in [9.17, 15) is 4.79 Å². The van der Waals surface area contributed by atoms with Gasteiger partial charge in [-0.2, -0.15) is 0 Å². The topological polar surface area (TPSA) is 44.4 Å².